The SMILES string of the molecule is CC(C)(C)OC(=O)c1ccc(N=Nc2ccccc2CCC(N)=O)cc1. The monoisotopic (exact) mass is 353 g/mol. The molecule has 2 aromatic rings. The molecule has 0 bridgehead atoms. The molecule has 2 rings (SSSR count). The quantitative estimate of drug-likeness (QED) is 0.613. The Morgan fingerprint density at radius 1 is 1.00 bits per heavy atom. The summed E-state index contributed by atoms with van der Waals surface area (Å²) in [5.74, 6) is -0.729. The lowest BCUT2D eigenvalue weighted by Gasteiger charge is -2.19. The van der Waals surface area contributed by atoms with E-state index in [1.807, 2.05) is 45.0 Å². The van der Waals surface area contributed by atoms with Gasteiger partial charge in [-0.15, -0.1) is 0 Å². The highest BCUT2D eigenvalue weighted by atomic mass is 16.6. The highest BCUT2D eigenvalue weighted by Gasteiger charge is 2.17. The maximum atomic E-state index is 12.0. The van der Waals surface area contributed by atoms with E-state index in [2.05, 4.69) is 10.2 Å². The van der Waals surface area contributed by atoms with Crippen LogP contribution in [0.1, 0.15) is 43.1 Å². The van der Waals surface area contributed by atoms with Crippen LogP contribution in [-0.4, -0.2) is 17.5 Å². The smallest absolute Gasteiger partial charge is 0.338 e. The number of carbonyl (C=O) groups is 2. The minimum Gasteiger partial charge on any atom is -0.456 e. The van der Waals surface area contributed by atoms with Crippen molar-refractivity contribution in [3.05, 3.63) is 59.7 Å². The zero-order valence-corrected chi connectivity index (χ0v) is 15.2. The topological polar surface area (TPSA) is 94.1 Å². The van der Waals surface area contributed by atoms with Crippen LogP contribution in [0.5, 0.6) is 0 Å². The van der Waals surface area contributed by atoms with E-state index >= 15 is 0 Å². The number of benzene rings is 2. The van der Waals surface area contributed by atoms with Crippen LogP contribution < -0.4 is 5.73 Å². The first kappa shape index (κ1) is 19.3. The molecule has 0 fully saturated rings. The number of azo groups is 1. The molecule has 1 amide bonds. The first-order valence-corrected chi connectivity index (χ1v) is 8.36. The van der Waals surface area contributed by atoms with Crippen molar-refractivity contribution in [2.75, 3.05) is 0 Å². The number of amides is 1. The molecule has 0 atom stereocenters. The van der Waals surface area contributed by atoms with E-state index in [1.165, 1.54) is 0 Å². The Morgan fingerprint density at radius 2 is 1.65 bits per heavy atom. The molecule has 2 aromatic carbocycles. The number of hydrogen-bond acceptors (Lipinski definition) is 5. The van der Waals surface area contributed by atoms with Crippen molar-refractivity contribution in [1.29, 1.82) is 0 Å². The molecule has 6 heteroatoms. The van der Waals surface area contributed by atoms with Gasteiger partial charge in [0.05, 0.1) is 16.9 Å². The molecular weight excluding hydrogens is 330 g/mol. The summed E-state index contributed by atoms with van der Waals surface area (Å²) < 4.78 is 5.32. The van der Waals surface area contributed by atoms with Gasteiger partial charge in [-0.05, 0) is 63.1 Å². The molecule has 0 aromatic heterocycles. The second-order valence-electron chi connectivity index (χ2n) is 6.84. The van der Waals surface area contributed by atoms with Crippen molar-refractivity contribution in [3.8, 4) is 0 Å². The number of ether oxygens (including phenoxy) is 1. The third-order valence-corrected chi connectivity index (χ3v) is 3.41. The molecular formula is C20H23N3O3. The van der Waals surface area contributed by atoms with E-state index in [4.69, 9.17) is 10.5 Å². The molecule has 2 N–H and O–H groups in total. The fourth-order valence-corrected chi connectivity index (χ4v) is 2.19. The van der Waals surface area contributed by atoms with Gasteiger partial charge < -0.3 is 10.5 Å². The van der Waals surface area contributed by atoms with Crippen molar-refractivity contribution >= 4 is 23.3 Å². The normalized spacial score (nSPS) is 11.5. The third-order valence-electron chi connectivity index (χ3n) is 3.41. The summed E-state index contributed by atoms with van der Waals surface area (Å²) in [6.45, 7) is 5.47. The van der Waals surface area contributed by atoms with Crippen LogP contribution in [0.2, 0.25) is 0 Å². The standard InChI is InChI=1S/C20H23N3O3/c1-20(2,3)26-19(25)15-8-11-16(12-9-15)22-23-17-7-5-4-6-14(17)10-13-18(21)24/h4-9,11-12H,10,13H2,1-3H3,(H2,21,24). The highest BCUT2D eigenvalue weighted by molar-refractivity contribution is 5.90. The van der Waals surface area contributed by atoms with Gasteiger partial charge in [0.1, 0.15) is 5.60 Å². The lowest BCUT2D eigenvalue weighted by Crippen LogP contribution is -2.23. The van der Waals surface area contributed by atoms with E-state index in [1.54, 1.807) is 24.3 Å². The van der Waals surface area contributed by atoms with Crippen LogP contribution in [0.15, 0.2) is 58.8 Å². The largest absolute Gasteiger partial charge is 0.456 e. The molecule has 0 spiro atoms. The van der Waals surface area contributed by atoms with E-state index in [0.29, 0.717) is 23.4 Å². The Kier molecular flexibility index (Phi) is 6.22. The molecule has 6 nitrogen and oxygen atoms in total. The summed E-state index contributed by atoms with van der Waals surface area (Å²) in [6.07, 6.45) is 0.777. The Labute approximate surface area is 153 Å². The molecule has 0 aliphatic heterocycles. The Morgan fingerprint density at radius 3 is 2.27 bits per heavy atom. The number of rotatable bonds is 6. The summed E-state index contributed by atoms with van der Waals surface area (Å²) in [5.41, 5.74) is 7.32. The average Bonchev–Trinajstić information content (AvgIpc) is 2.57. The average molecular weight is 353 g/mol. The number of carbonyl (C=O) groups excluding carboxylic acids is 2. The van der Waals surface area contributed by atoms with Crippen molar-refractivity contribution in [2.24, 2.45) is 16.0 Å². The van der Waals surface area contributed by atoms with Gasteiger partial charge in [-0.2, -0.15) is 10.2 Å². The number of aryl methyl sites for hydroxylation is 1. The maximum absolute atomic E-state index is 12.0. The number of nitrogens with two attached hydrogens (primary N) is 1. The van der Waals surface area contributed by atoms with Crippen LogP contribution in [-0.2, 0) is 16.0 Å². The van der Waals surface area contributed by atoms with Crippen LogP contribution in [0.4, 0.5) is 11.4 Å². The molecule has 0 saturated carbocycles. The zero-order chi connectivity index (χ0) is 19.2. The molecule has 0 radical (unpaired) electrons. The van der Waals surface area contributed by atoms with Gasteiger partial charge in [0.15, 0.2) is 0 Å². The van der Waals surface area contributed by atoms with Crippen molar-refractivity contribution in [1.82, 2.24) is 0 Å². The Hall–Kier alpha value is -3.02. The minimum atomic E-state index is -0.538. The van der Waals surface area contributed by atoms with Crippen LogP contribution in [0.25, 0.3) is 0 Å². The number of primary amides is 1. The van der Waals surface area contributed by atoms with Gasteiger partial charge in [0.2, 0.25) is 5.91 Å². The van der Waals surface area contributed by atoms with E-state index in [-0.39, 0.29) is 18.3 Å². The van der Waals surface area contributed by atoms with E-state index in [0.717, 1.165) is 5.56 Å². The summed E-state index contributed by atoms with van der Waals surface area (Å²) in [5, 5.41) is 8.44. The highest BCUT2D eigenvalue weighted by Crippen LogP contribution is 2.24. The molecule has 136 valence electrons. The summed E-state index contributed by atoms with van der Waals surface area (Å²) in [6, 6.07) is 14.2. The molecule has 26 heavy (non-hydrogen) atoms. The predicted molar refractivity (Wildman–Crippen MR) is 99.7 cm³/mol. The molecule has 0 unspecified atom stereocenters. The second kappa shape index (κ2) is 8.38. The molecule has 0 aliphatic rings. The maximum Gasteiger partial charge on any atom is 0.338 e. The fourth-order valence-electron chi connectivity index (χ4n) is 2.19. The number of hydrogen-bond donors (Lipinski definition) is 1. The molecule has 0 aliphatic carbocycles. The first-order chi connectivity index (χ1) is 12.2. The van der Waals surface area contributed by atoms with Gasteiger partial charge in [-0.1, -0.05) is 18.2 Å². The summed E-state index contributed by atoms with van der Waals surface area (Å²) in [4.78, 5) is 23.0. The van der Waals surface area contributed by atoms with Gasteiger partial charge >= 0.3 is 5.97 Å². The zero-order valence-electron chi connectivity index (χ0n) is 15.2. The summed E-state index contributed by atoms with van der Waals surface area (Å²) in [7, 11) is 0. The van der Waals surface area contributed by atoms with Crippen LogP contribution in [0.3, 0.4) is 0 Å². The second-order valence-corrected chi connectivity index (χ2v) is 6.84. The van der Waals surface area contributed by atoms with Crippen LogP contribution in [0, 0.1) is 0 Å². The number of esters is 1. The third kappa shape index (κ3) is 6.12. The Balaban J connectivity index is 2.09. The van der Waals surface area contributed by atoms with Crippen LogP contribution >= 0.6 is 0 Å². The molecule has 0 heterocycles. The summed E-state index contributed by atoms with van der Waals surface area (Å²) >= 11 is 0. The van der Waals surface area contributed by atoms with Gasteiger partial charge in [-0.25, -0.2) is 4.79 Å². The van der Waals surface area contributed by atoms with Crippen molar-refractivity contribution in [2.45, 2.75) is 39.2 Å². The number of nitrogens with zero attached hydrogens (tertiary/aromatic N) is 2. The van der Waals surface area contributed by atoms with Gasteiger partial charge in [0, 0.05) is 6.42 Å². The minimum absolute atomic E-state index is 0.261. The lowest BCUT2D eigenvalue weighted by atomic mass is 10.1. The van der Waals surface area contributed by atoms with Crippen molar-refractivity contribution < 1.29 is 14.3 Å². The van der Waals surface area contributed by atoms with Gasteiger partial charge in [0.25, 0.3) is 0 Å². The lowest BCUT2D eigenvalue weighted by molar-refractivity contribution is -0.117. The van der Waals surface area contributed by atoms with E-state index in [9.17, 15) is 9.59 Å². The first-order valence-electron chi connectivity index (χ1n) is 8.36. The van der Waals surface area contributed by atoms with Crippen molar-refractivity contribution in [3.63, 3.8) is 0 Å². The van der Waals surface area contributed by atoms with Gasteiger partial charge in [-0.3, -0.25) is 4.79 Å². The molecule has 0 saturated heterocycles. The fraction of sp³-hybridized carbons (Fsp3) is 0.300. The Bertz CT molecular complexity index is 806. The predicted octanol–water partition coefficient (Wildman–Crippen LogP) is 4.48. The van der Waals surface area contributed by atoms with E-state index < -0.39 is 5.60 Å².